The van der Waals surface area contributed by atoms with Gasteiger partial charge in [-0.3, -0.25) is 24.1 Å². The van der Waals surface area contributed by atoms with Gasteiger partial charge in [-0.15, -0.1) is 0 Å². The van der Waals surface area contributed by atoms with Crippen molar-refractivity contribution in [3.63, 3.8) is 0 Å². The third kappa shape index (κ3) is 4.16. The number of rotatable bonds is 7. The summed E-state index contributed by atoms with van der Waals surface area (Å²) in [5.41, 5.74) is 0. The monoisotopic (exact) mass is 307 g/mol. The minimum atomic E-state index is -0.255. The number of unbranched alkanes of at least 4 members (excludes halogenated alkanes) is 2. The molecule has 4 amide bonds. The van der Waals surface area contributed by atoms with Gasteiger partial charge in [-0.05, 0) is 12.8 Å². The second-order valence-electron chi connectivity index (χ2n) is 5.49. The molecule has 0 aliphatic carbocycles. The van der Waals surface area contributed by atoms with Crippen LogP contribution < -0.4 is 0 Å². The summed E-state index contributed by atoms with van der Waals surface area (Å²) in [5, 5.41) is 0. The first-order chi connectivity index (χ1) is 10.6. The Kier molecular flexibility index (Phi) is 5.68. The molecule has 0 unspecified atom stereocenters. The molecule has 0 aromatic rings. The molecule has 120 valence electrons. The molecule has 0 aromatic heterocycles. The Morgan fingerprint density at radius 1 is 1.00 bits per heavy atom. The zero-order valence-electron chi connectivity index (χ0n) is 12.6. The highest BCUT2D eigenvalue weighted by Crippen LogP contribution is 2.09. The second kappa shape index (κ2) is 7.72. The van der Waals surface area contributed by atoms with Gasteiger partial charge in [0.15, 0.2) is 0 Å². The lowest BCUT2D eigenvalue weighted by Gasteiger charge is -2.32. The Hall–Kier alpha value is -2.18. The highest BCUT2D eigenvalue weighted by molar-refractivity contribution is 6.12. The van der Waals surface area contributed by atoms with Crippen LogP contribution in [-0.4, -0.2) is 71.6 Å². The predicted molar refractivity (Wildman–Crippen MR) is 78.5 cm³/mol. The lowest BCUT2D eigenvalue weighted by atomic mass is 10.1. The molecule has 7 heteroatoms. The summed E-state index contributed by atoms with van der Waals surface area (Å²) in [6.45, 7) is 2.81. The van der Waals surface area contributed by atoms with Crippen LogP contribution in [0.25, 0.3) is 0 Å². The Balaban J connectivity index is 1.57. The zero-order valence-corrected chi connectivity index (χ0v) is 12.6. The number of nitrogens with zero attached hydrogens (tertiary/aromatic N) is 3. The second-order valence-corrected chi connectivity index (χ2v) is 5.49. The summed E-state index contributed by atoms with van der Waals surface area (Å²) in [7, 11) is 0. The molecule has 0 N–H and O–H groups in total. The fourth-order valence-electron chi connectivity index (χ4n) is 2.61. The molecule has 0 aromatic carbocycles. The molecule has 22 heavy (non-hydrogen) atoms. The maximum atomic E-state index is 12.0. The Bertz CT molecular complexity index is 463. The molecule has 0 atom stereocenters. The van der Waals surface area contributed by atoms with Crippen molar-refractivity contribution in [2.24, 2.45) is 0 Å². The summed E-state index contributed by atoms with van der Waals surface area (Å²) >= 11 is 0. The average Bonchev–Trinajstić information content (AvgIpc) is 2.86. The van der Waals surface area contributed by atoms with Crippen LogP contribution in [0, 0.1) is 0 Å². The van der Waals surface area contributed by atoms with Gasteiger partial charge in [0.2, 0.25) is 12.3 Å². The van der Waals surface area contributed by atoms with E-state index in [4.69, 9.17) is 0 Å². The molecule has 2 aliphatic rings. The number of hydrogen-bond acceptors (Lipinski definition) is 4. The fraction of sp³-hybridized carbons (Fsp3) is 0.600. The summed E-state index contributed by atoms with van der Waals surface area (Å²) < 4.78 is 0. The van der Waals surface area contributed by atoms with Gasteiger partial charge in [0.05, 0.1) is 0 Å². The van der Waals surface area contributed by atoms with Gasteiger partial charge < -0.3 is 9.80 Å². The molecule has 2 rings (SSSR count). The molecule has 7 nitrogen and oxygen atoms in total. The van der Waals surface area contributed by atoms with E-state index >= 15 is 0 Å². The molecule has 1 fully saturated rings. The molecule has 2 heterocycles. The van der Waals surface area contributed by atoms with Crippen LogP contribution in [-0.2, 0) is 19.2 Å². The van der Waals surface area contributed by atoms with Gasteiger partial charge >= 0.3 is 0 Å². The minimum Gasteiger partial charge on any atom is -0.342 e. The highest BCUT2D eigenvalue weighted by Gasteiger charge is 2.22. The topological polar surface area (TPSA) is 78.0 Å². The third-order valence-electron chi connectivity index (χ3n) is 3.99. The molecule has 0 saturated carbocycles. The highest BCUT2D eigenvalue weighted by atomic mass is 16.2. The number of imide groups is 1. The van der Waals surface area contributed by atoms with Crippen LogP contribution in [0.1, 0.15) is 25.7 Å². The SMILES string of the molecule is O=CN1CCN(C(=O)CCCCCN2C(=O)C=CC2=O)CC1. The van der Waals surface area contributed by atoms with Crippen LogP contribution in [0.15, 0.2) is 12.2 Å². The van der Waals surface area contributed by atoms with Crippen molar-refractivity contribution in [2.75, 3.05) is 32.7 Å². The molecule has 2 aliphatic heterocycles. The predicted octanol–water partition coefficient (Wildman–Crippen LogP) is -0.228. The summed E-state index contributed by atoms with van der Waals surface area (Å²) in [4.78, 5) is 50.0. The third-order valence-corrected chi connectivity index (χ3v) is 3.99. The number of carbonyl (C=O) groups is 4. The van der Waals surface area contributed by atoms with Crippen LogP contribution in [0.5, 0.6) is 0 Å². The molecule has 0 radical (unpaired) electrons. The summed E-state index contributed by atoms with van der Waals surface area (Å²) in [6.07, 6.45) is 6.12. The van der Waals surface area contributed by atoms with E-state index in [9.17, 15) is 19.2 Å². The normalized spacial score (nSPS) is 18.3. The van der Waals surface area contributed by atoms with E-state index in [2.05, 4.69) is 0 Å². The average molecular weight is 307 g/mol. The van der Waals surface area contributed by atoms with Gasteiger partial charge in [-0.25, -0.2) is 0 Å². The fourth-order valence-corrected chi connectivity index (χ4v) is 2.61. The minimum absolute atomic E-state index is 0.112. The van der Waals surface area contributed by atoms with Crippen molar-refractivity contribution in [1.82, 2.24) is 14.7 Å². The van der Waals surface area contributed by atoms with Crippen LogP contribution in [0.4, 0.5) is 0 Å². The molecular formula is C15H21N3O4. The molecule has 0 spiro atoms. The van der Waals surface area contributed by atoms with E-state index in [1.807, 2.05) is 0 Å². The summed E-state index contributed by atoms with van der Waals surface area (Å²) in [6, 6.07) is 0. The first-order valence-corrected chi connectivity index (χ1v) is 7.62. The lowest BCUT2D eigenvalue weighted by Crippen LogP contribution is -2.48. The smallest absolute Gasteiger partial charge is 0.253 e. The van der Waals surface area contributed by atoms with Crippen molar-refractivity contribution in [3.8, 4) is 0 Å². The van der Waals surface area contributed by atoms with Gasteiger partial charge in [-0.1, -0.05) is 6.42 Å². The standard InChI is InChI=1S/C15H21N3O4/c19-12-16-8-10-17(11-9-16)13(20)4-2-1-3-7-18-14(21)5-6-15(18)22/h5-6,12H,1-4,7-11H2. The van der Waals surface area contributed by atoms with Crippen molar-refractivity contribution in [2.45, 2.75) is 25.7 Å². The van der Waals surface area contributed by atoms with Gasteiger partial charge in [0.25, 0.3) is 11.8 Å². The van der Waals surface area contributed by atoms with Crippen molar-refractivity contribution >= 4 is 24.1 Å². The molecule has 1 saturated heterocycles. The van der Waals surface area contributed by atoms with E-state index in [-0.39, 0.29) is 17.7 Å². The van der Waals surface area contributed by atoms with E-state index in [0.717, 1.165) is 19.3 Å². The quantitative estimate of drug-likeness (QED) is 0.370. The van der Waals surface area contributed by atoms with Gasteiger partial charge in [0, 0.05) is 51.3 Å². The van der Waals surface area contributed by atoms with Gasteiger partial charge in [-0.2, -0.15) is 0 Å². The number of amides is 4. The lowest BCUT2D eigenvalue weighted by molar-refractivity contribution is -0.137. The van der Waals surface area contributed by atoms with E-state index in [1.165, 1.54) is 17.1 Å². The van der Waals surface area contributed by atoms with E-state index < -0.39 is 0 Å². The Labute approximate surface area is 129 Å². The van der Waals surface area contributed by atoms with Crippen LogP contribution in [0.3, 0.4) is 0 Å². The van der Waals surface area contributed by atoms with E-state index in [1.54, 1.807) is 9.80 Å². The zero-order chi connectivity index (χ0) is 15.9. The van der Waals surface area contributed by atoms with Crippen LogP contribution >= 0.6 is 0 Å². The largest absolute Gasteiger partial charge is 0.342 e. The van der Waals surface area contributed by atoms with Crippen molar-refractivity contribution in [3.05, 3.63) is 12.2 Å². The number of carbonyl (C=O) groups excluding carboxylic acids is 4. The Morgan fingerprint density at radius 3 is 2.23 bits per heavy atom. The first kappa shape index (κ1) is 16.2. The number of piperazine rings is 1. The van der Waals surface area contributed by atoms with Gasteiger partial charge in [0.1, 0.15) is 0 Å². The van der Waals surface area contributed by atoms with Crippen LogP contribution in [0.2, 0.25) is 0 Å². The Morgan fingerprint density at radius 2 is 1.64 bits per heavy atom. The maximum Gasteiger partial charge on any atom is 0.253 e. The summed E-state index contributed by atoms with van der Waals surface area (Å²) in [5.74, 6) is -0.399. The number of hydrogen-bond donors (Lipinski definition) is 0. The van der Waals surface area contributed by atoms with Crippen molar-refractivity contribution in [1.29, 1.82) is 0 Å². The maximum absolute atomic E-state index is 12.0. The first-order valence-electron chi connectivity index (χ1n) is 7.62. The molecular weight excluding hydrogens is 286 g/mol. The van der Waals surface area contributed by atoms with Crippen molar-refractivity contribution < 1.29 is 19.2 Å². The van der Waals surface area contributed by atoms with E-state index in [0.29, 0.717) is 45.6 Å². The molecule has 0 bridgehead atoms.